The van der Waals surface area contributed by atoms with Crippen molar-refractivity contribution in [2.24, 2.45) is 5.92 Å². The van der Waals surface area contributed by atoms with Gasteiger partial charge >= 0.3 is 5.97 Å². The number of carbonyl (C=O) groups is 2. The second-order valence-electron chi connectivity index (χ2n) is 4.87. The van der Waals surface area contributed by atoms with Gasteiger partial charge in [0.05, 0.1) is 13.5 Å². The lowest BCUT2D eigenvalue weighted by Crippen LogP contribution is -2.45. The number of carbonyl (C=O) groups excluding carboxylic acids is 2. The minimum atomic E-state index is -0.250. The number of hydrogen-bond donors (Lipinski definition) is 0. The fraction of sp³-hybridized carbons (Fsp3) is 0.846. The maximum absolute atomic E-state index is 11.7. The molecule has 4 nitrogen and oxygen atoms in total. The highest BCUT2D eigenvalue weighted by molar-refractivity contribution is 5.75. The summed E-state index contributed by atoms with van der Waals surface area (Å²) in [4.78, 5) is 24.7. The minimum Gasteiger partial charge on any atom is -0.469 e. The van der Waals surface area contributed by atoms with Crippen LogP contribution in [0.4, 0.5) is 0 Å². The van der Waals surface area contributed by atoms with Crippen LogP contribution < -0.4 is 0 Å². The molecule has 98 valence electrons. The van der Waals surface area contributed by atoms with Crippen LogP contribution in [0, 0.1) is 5.92 Å². The number of hydrogen-bond acceptors (Lipinski definition) is 3. The molecule has 0 heterocycles. The summed E-state index contributed by atoms with van der Waals surface area (Å²) in [5.41, 5.74) is 0. The zero-order valence-corrected chi connectivity index (χ0v) is 11.1. The molecular formula is C13H23NO3. The molecule has 1 rings (SSSR count). The van der Waals surface area contributed by atoms with E-state index in [4.69, 9.17) is 0 Å². The van der Waals surface area contributed by atoms with Gasteiger partial charge < -0.3 is 9.64 Å². The summed E-state index contributed by atoms with van der Waals surface area (Å²) < 4.78 is 4.62. The number of methoxy groups -OCH3 is 1. The fourth-order valence-corrected chi connectivity index (χ4v) is 2.63. The van der Waals surface area contributed by atoms with Crippen molar-refractivity contribution in [3.05, 3.63) is 0 Å². The smallest absolute Gasteiger partial charge is 0.307 e. The van der Waals surface area contributed by atoms with Gasteiger partial charge in [-0.1, -0.05) is 19.8 Å². The quantitative estimate of drug-likeness (QED) is 0.707. The van der Waals surface area contributed by atoms with Crippen molar-refractivity contribution in [3.8, 4) is 0 Å². The Labute approximate surface area is 103 Å². The molecule has 2 atom stereocenters. The second kappa shape index (κ2) is 6.62. The zero-order chi connectivity index (χ0) is 12.8. The zero-order valence-electron chi connectivity index (χ0n) is 11.1. The van der Waals surface area contributed by atoms with Crippen LogP contribution >= 0.6 is 0 Å². The van der Waals surface area contributed by atoms with E-state index in [9.17, 15) is 9.59 Å². The maximum Gasteiger partial charge on any atom is 0.307 e. The van der Waals surface area contributed by atoms with E-state index in [1.807, 2.05) is 4.90 Å². The Morgan fingerprint density at radius 1 is 1.29 bits per heavy atom. The standard InChI is InChI=1S/C13H23NO3/c1-10-6-4-5-7-12(10)14(11(2)15)9-8-13(16)17-3/h10,12H,4-9H2,1-3H3. The van der Waals surface area contributed by atoms with Gasteiger partial charge in [-0.15, -0.1) is 0 Å². The molecule has 0 aromatic heterocycles. The van der Waals surface area contributed by atoms with Crippen molar-refractivity contribution in [2.75, 3.05) is 13.7 Å². The van der Waals surface area contributed by atoms with E-state index in [-0.39, 0.29) is 11.9 Å². The summed E-state index contributed by atoms with van der Waals surface area (Å²) in [6.45, 7) is 4.26. The number of rotatable bonds is 4. The van der Waals surface area contributed by atoms with E-state index in [0.29, 0.717) is 24.9 Å². The maximum atomic E-state index is 11.7. The topological polar surface area (TPSA) is 46.6 Å². The van der Waals surface area contributed by atoms with Crippen LogP contribution in [0.3, 0.4) is 0 Å². The highest BCUT2D eigenvalue weighted by Gasteiger charge is 2.28. The van der Waals surface area contributed by atoms with Gasteiger partial charge in [-0.25, -0.2) is 0 Å². The SMILES string of the molecule is COC(=O)CCN(C(C)=O)C1CCCCC1C. The third-order valence-corrected chi connectivity index (χ3v) is 3.66. The van der Waals surface area contributed by atoms with E-state index in [2.05, 4.69) is 11.7 Å². The molecule has 1 amide bonds. The third kappa shape index (κ3) is 4.02. The molecule has 1 fully saturated rings. The molecule has 0 saturated heterocycles. The van der Waals surface area contributed by atoms with E-state index in [1.165, 1.54) is 26.4 Å². The molecule has 0 spiro atoms. The number of esters is 1. The van der Waals surface area contributed by atoms with Gasteiger partial charge in [0.1, 0.15) is 0 Å². The van der Waals surface area contributed by atoms with Crippen LogP contribution in [0.2, 0.25) is 0 Å². The molecule has 1 aliphatic carbocycles. The molecule has 0 radical (unpaired) electrons. The Morgan fingerprint density at radius 2 is 1.94 bits per heavy atom. The Balaban J connectivity index is 2.58. The van der Waals surface area contributed by atoms with Crippen LogP contribution in [-0.4, -0.2) is 36.5 Å². The normalized spacial score (nSPS) is 24.2. The molecule has 0 bridgehead atoms. The predicted octanol–water partition coefficient (Wildman–Crippen LogP) is 1.98. The summed E-state index contributed by atoms with van der Waals surface area (Å²) in [5, 5.41) is 0. The first-order valence-corrected chi connectivity index (χ1v) is 6.40. The van der Waals surface area contributed by atoms with Gasteiger partial charge in [-0.05, 0) is 18.8 Å². The molecule has 2 unspecified atom stereocenters. The van der Waals surface area contributed by atoms with Crippen molar-refractivity contribution >= 4 is 11.9 Å². The lowest BCUT2D eigenvalue weighted by Gasteiger charge is -2.38. The summed E-state index contributed by atoms with van der Waals surface area (Å²) in [6, 6.07) is 0.297. The van der Waals surface area contributed by atoms with Crippen LogP contribution in [0.5, 0.6) is 0 Å². The first-order valence-electron chi connectivity index (χ1n) is 6.40. The molecule has 0 aromatic rings. The van der Waals surface area contributed by atoms with E-state index >= 15 is 0 Å². The van der Waals surface area contributed by atoms with Gasteiger partial charge in [-0.3, -0.25) is 9.59 Å². The Hall–Kier alpha value is -1.06. The van der Waals surface area contributed by atoms with Crippen molar-refractivity contribution in [1.82, 2.24) is 4.90 Å². The molecule has 4 heteroatoms. The predicted molar refractivity (Wildman–Crippen MR) is 65.4 cm³/mol. The monoisotopic (exact) mass is 241 g/mol. The van der Waals surface area contributed by atoms with Crippen LogP contribution in [0.1, 0.15) is 46.0 Å². The highest BCUT2D eigenvalue weighted by Crippen LogP contribution is 2.28. The van der Waals surface area contributed by atoms with Crippen molar-refractivity contribution in [1.29, 1.82) is 0 Å². The molecule has 0 aliphatic heterocycles. The molecule has 1 saturated carbocycles. The van der Waals surface area contributed by atoms with Gasteiger partial charge in [0.15, 0.2) is 0 Å². The van der Waals surface area contributed by atoms with Crippen LogP contribution in [0.25, 0.3) is 0 Å². The summed E-state index contributed by atoms with van der Waals surface area (Å²) in [6.07, 6.45) is 4.95. The van der Waals surface area contributed by atoms with E-state index in [0.717, 1.165) is 6.42 Å². The van der Waals surface area contributed by atoms with Gasteiger partial charge in [-0.2, -0.15) is 0 Å². The molecule has 0 N–H and O–H groups in total. The number of nitrogens with zero attached hydrogens (tertiary/aromatic N) is 1. The van der Waals surface area contributed by atoms with Crippen LogP contribution in [-0.2, 0) is 14.3 Å². The van der Waals surface area contributed by atoms with Crippen molar-refractivity contribution in [3.63, 3.8) is 0 Å². The van der Waals surface area contributed by atoms with Crippen LogP contribution in [0.15, 0.2) is 0 Å². The van der Waals surface area contributed by atoms with Gasteiger partial charge in [0.25, 0.3) is 0 Å². The van der Waals surface area contributed by atoms with Gasteiger partial charge in [0.2, 0.25) is 5.91 Å². The minimum absolute atomic E-state index is 0.0626. The molecule has 0 aromatic carbocycles. The number of amides is 1. The average molecular weight is 241 g/mol. The first-order chi connectivity index (χ1) is 8.06. The lowest BCUT2D eigenvalue weighted by atomic mass is 9.84. The highest BCUT2D eigenvalue weighted by atomic mass is 16.5. The second-order valence-corrected chi connectivity index (χ2v) is 4.87. The Kier molecular flexibility index (Phi) is 5.45. The average Bonchev–Trinajstić information content (AvgIpc) is 2.30. The first kappa shape index (κ1) is 14.0. The molecular weight excluding hydrogens is 218 g/mol. The lowest BCUT2D eigenvalue weighted by molar-refractivity contribution is -0.142. The summed E-state index contributed by atoms with van der Waals surface area (Å²) >= 11 is 0. The van der Waals surface area contributed by atoms with Crippen molar-refractivity contribution < 1.29 is 14.3 Å². The summed E-state index contributed by atoms with van der Waals surface area (Å²) in [7, 11) is 1.38. The molecule has 17 heavy (non-hydrogen) atoms. The molecule has 1 aliphatic rings. The van der Waals surface area contributed by atoms with Crippen molar-refractivity contribution in [2.45, 2.75) is 52.0 Å². The Bertz CT molecular complexity index is 278. The fourth-order valence-electron chi connectivity index (χ4n) is 2.63. The van der Waals surface area contributed by atoms with Gasteiger partial charge in [0, 0.05) is 19.5 Å². The third-order valence-electron chi connectivity index (χ3n) is 3.66. The number of ether oxygens (including phenoxy) is 1. The summed E-state index contributed by atoms with van der Waals surface area (Å²) in [5.74, 6) is 0.345. The Morgan fingerprint density at radius 3 is 2.47 bits per heavy atom. The van der Waals surface area contributed by atoms with E-state index < -0.39 is 0 Å². The largest absolute Gasteiger partial charge is 0.469 e. The van der Waals surface area contributed by atoms with E-state index in [1.54, 1.807) is 6.92 Å².